The molecule has 66 valence electrons. The highest BCUT2D eigenvalue weighted by Gasteiger charge is 2.09. The highest BCUT2D eigenvalue weighted by atomic mass is 32.2. The molecule has 0 amide bonds. The first-order chi connectivity index (χ1) is 5.74. The lowest BCUT2D eigenvalue weighted by Gasteiger charge is -2.07. The van der Waals surface area contributed by atoms with Gasteiger partial charge in [-0.3, -0.25) is 0 Å². The summed E-state index contributed by atoms with van der Waals surface area (Å²) in [5.41, 5.74) is 1.10. The van der Waals surface area contributed by atoms with Crippen LogP contribution in [0.5, 0.6) is 0 Å². The van der Waals surface area contributed by atoms with Gasteiger partial charge in [-0.15, -0.1) is 0 Å². The summed E-state index contributed by atoms with van der Waals surface area (Å²) in [6.07, 6.45) is 2.69. The van der Waals surface area contributed by atoms with Crippen LogP contribution in [0.4, 0.5) is 0 Å². The van der Waals surface area contributed by atoms with E-state index in [9.17, 15) is 4.55 Å². The van der Waals surface area contributed by atoms with Crippen LogP contribution >= 0.6 is 0 Å². The van der Waals surface area contributed by atoms with Crippen LogP contribution in [0, 0.1) is 6.92 Å². The average molecular weight is 183 g/mol. The molecule has 1 unspecified atom stereocenters. The molecule has 0 aliphatic carbocycles. The van der Waals surface area contributed by atoms with Crippen molar-refractivity contribution >= 4 is 11.2 Å². The molecule has 0 aliphatic heterocycles. The Morgan fingerprint density at radius 1 is 1.50 bits per heavy atom. The predicted octanol–water partition coefficient (Wildman–Crippen LogP) is 1.91. The van der Waals surface area contributed by atoms with Gasteiger partial charge in [0.1, 0.15) is 5.75 Å². The Morgan fingerprint density at radius 3 is 2.75 bits per heavy atom. The van der Waals surface area contributed by atoms with Gasteiger partial charge in [-0.25, -0.2) is 4.98 Å². The summed E-state index contributed by atoms with van der Waals surface area (Å²) >= 11 is -0.903. The minimum Gasteiger partial charge on any atom is -0.610 e. The first-order valence-corrected chi connectivity index (χ1v) is 5.37. The van der Waals surface area contributed by atoms with Crippen LogP contribution in [0.1, 0.15) is 18.9 Å². The standard InChI is InChI=1S/C9H13NOS/c1-3-6-12(11)9-5-4-8(2)7-10-9/h4-5,7H,3,6H2,1-2H3. The number of aromatic nitrogens is 1. The van der Waals surface area contributed by atoms with E-state index >= 15 is 0 Å². The van der Waals surface area contributed by atoms with Crippen LogP contribution in [-0.2, 0) is 11.2 Å². The monoisotopic (exact) mass is 183 g/mol. The predicted molar refractivity (Wildman–Crippen MR) is 50.5 cm³/mol. The maximum absolute atomic E-state index is 11.4. The lowest BCUT2D eigenvalue weighted by atomic mass is 10.3. The van der Waals surface area contributed by atoms with Crippen molar-refractivity contribution in [3.8, 4) is 0 Å². The molecule has 0 radical (unpaired) electrons. The molecule has 1 atom stereocenters. The largest absolute Gasteiger partial charge is 0.610 e. The lowest BCUT2D eigenvalue weighted by Crippen LogP contribution is -2.07. The van der Waals surface area contributed by atoms with Crippen molar-refractivity contribution in [1.82, 2.24) is 4.98 Å². The normalized spacial score (nSPS) is 12.9. The maximum Gasteiger partial charge on any atom is 0.244 e. The number of rotatable bonds is 3. The molecule has 0 spiro atoms. The van der Waals surface area contributed by atoms with Crippen LogP contribution in [0.25, 0.3) is 0 Å². The summed E-state index contributed by atoms with van der Waals surface area (Å²) in [5, 5.41) is 0.697. The highest BCUT2D eigenvalue weighted by molar-refractivity contribution is 7.91. The van der Waals surface area contributed by atoms with Gasteiger partial charge >= 0.3 is 0 Å². The molecule has 1 aromatic heterocycles. The summed E-state index contributed by atoms with van der Waals surface area (Å²) < 4.78 is 11.4. The molecule has 2 nitrogen and oxygen atoms in total. The van der Waals surface area contributed by atoms with Crippen molar-refractivity contribution in [1.29, 1.82) is 0 Å². The van der Waals surface area contributed by atoms with Crippen LogP contribution in [0.3, 0.4) is 0 Å². The summed E-state index contributed by atoms with van der Waals surface area (Å²) in [7, 11) is 0. The summed E-state index contributed by atoms with van der Waals surface area (Å²) in [6, 6.07) is 3.77. The van der Waals surface area contributed by atoms with Crippen LogP contribution in [0.2, 0.25) is 0 Å². The van der Waals surface area contributed by atoms with Crippen molar-refractivity contribution in [2.24, 2.45) is 0 Å². The van der Waals surface area contributed by atoms with Gasteiger partial charge in [-0.05, 0) is 18.9 Å². The third-order valence-corrected chi connectivity index (χ3v) is 2.99. The van der Waals surface area contributed by atoms with E-state index in [0.29, 0.717) is 10.8 Å². The minimum absolute atomic E-state index is 0.697. The minimum atomic E-state index is -0.903. The van der Waals surface area contributed by atoms with E-state index in [4.69, 9.17) is 0 Å². The Bertz CT molecular complexity index is 235. The average Bonchev–Trinajstić information content (AvgIpc) is 2.06. The molecular formula is C9H13NOS. The smallest absolute Gasteiger partial charge is 0.244 e. The highest BCUT2D eigenvalue weighted by Crippen LogP contribution is 2.08. The fraction of sp³-hybridized carbons (Fsp3) is 0.444. The molecule has 0 aliphatic rings. The number of aryl methyl sites for hydroxylation is 1. The number of hydrogen-bond acceptors (Lipinski definition) is 2. The van der Waals surface area contributed by atoms with Gasteiger partial charge < -0.3 is 4.55 Å². The molecule has 1 rings (SSSR count). The lowest BCUT2D eigenvalue weighted by molar-refractivity contribution is 0.590. The van der Waals surface area contributed by atoms with Crippen LogP contribution < -0.4 is 0 Å². The van der Waals surface area contributed by atoms with Crippen molar-refractivity contribution in [3.05, 3.63) is 23.9 Å². The van der Waals surface area contributed by atoms with Crippen molar-refractivity contribution in [2.75, 3.05) is 5.75 Å². The molecule has 0 saturated heterocycles. The maximum atomic E-state index is 11.4. The SMILES string of the molecule is CCC[S+]([O-])c1ccc(C)cn1. The third-order valence-electron chi connectivity index (χ3n) is 1.51. The van der Waals surface area contributed by atoms with E-state index in [-0.39, 0.29) is 0 Å². The Balaban J connectivity index is 2.68. The van der Waals surface area contributed by atoms with E-state index < -0.39 is 11.2 Å². The molecule has 0 saturated carbocycles. The fourth-order valence-electron chi connectivity index (χ4n) is 0.879. The van der Waals surface area contributed by atoms with E-state index in [1.54, 1.807) is 6.20 Å². The molecule has 0 fully saturated rings. The summed E-state index contributed by atoms with van der Waals surface area (Å²) in [4.78, 5) is 4.10. The molecule has 0 bridgehead atoms. The second-order valence-electron chi connectivity index (χ2n) is 2.72. The molecular weight excluding hydrogens is 170 g/mol. The van der Waals surface area contributed by atoms with E-state index in [0.717, 1.165) is 12.0 Å². The van der Waals surface area contributed by atoms with Crippen molar-refractivity contribution in [2.45, 2.75) is 25.3 Å². The fourth-order valence-corrected chi connectivity index (χ4v) is 1.85. The van der Waals surface area contributed by atoms with Crippen molar-refractivity contribution in [3.63, 3.8) is 0 Å². The van der Waals surface area contributed by atoms with Gasteiger partial charge in [0.05, 0.1) is 0 Å². The first-order valence-electron chi connectivity index (χ1n) is 4.05. The third kappa shape index (κ3) is 2.50. The first kappa shape index (κ1) is 9.55. The zero-order valence-electron chi connectivity index (χ0n) is 7.41. The number of nitrogens with zero attached hydrogens (tertiary/aromatic N) is 1. The summed E-state index contributed by atoms with van der Waals surface area (Å²) in [6.45, 7) is 3.99. The molecule has 0 N–H and O–H groups in total. The van der Waals surface area contributed by atoms with E-state index in [2.05, 4.69) is 4.98 Å². The Kier molecular flexibility index (Phi) is 3.56. The second-order valence-corrected chi connectivity index (χ2v) is 4.24. The number of pyridine rings is 1. The van der Waals surface area contributed by atoms with E-state index in [1.807, 2.05) is 26.0 Å². The molecule has 1 aromatic rings. The Hall–Kier alpha value is -0.540. The Morgan fingerprint density at radius 2 is 2.25 bits per heavy atom. The van der Waals surface area contributed by atoms with Gasteiger partial charge in [0.2, 0.25) is 5.03 Å². The van der Waals surface area contributed by atoms with Gasteiger partial charge in [-0.2, -0.15) is 0 Å². The summed E-state index contributed by atoms with van der Waals surface area (Å²) in [5.74, 6) is 0.704. The van der Waals surface area contributed by atoms with Gasteiger partial charge in [0.25, 0.3) is 0 Å². The van der Waals surface area contributed by atoms with Gasteiger partial charge in [-0.1, -0.05) is 13.0 Å². The van der Waals surface area contributed by atoms with E-state index in [1.165, 1.54) is 0 Å². The Labute approximate surface area is 76.2 Å². The molecule has 12 heavy (non-hydrogen) atoms. The second kappa shape index (κ2) is 4.48. The van der Waals surface area contributed by atoms with Crippen molar-refractivity contribution < 1.29 is 4.55 Å². The van der Waals surface area contributed by atoms with Crippen LogP contribution in [-0.4, -0.2) is 15.3 Å². The topological polar surface area (TPSA) is 36.0 Å². The zero-order valence-corrected chi connectivity index (χ0v) is 8.23. The molecule has 1 heterocycles. The molecule has 3 heteroatoms. The zero-order chi connectivity index (χ0) is 8.97. The molecule has 0 aromatic carbocycles. The van der Waals surface area contributed by atoms with Gasteiger partial charge in [0.15, 0.2) is 0 Å². The number of hydrogen-bond donors (Lipinski definition) is 0. The van der Waals surface area contributed by atoms with Gasteiger partial charge in [0, 0.05) is 23.4 Å². The van der Waals surface area contributed by atoms with Crippen LogP contribution in [0.15, 0.2) is 23.4 Å². The quantitative estimate of drug-likeness (QED) is 0.671.